The van der Waals surface area contributed by atoms with Crippen molar-refractivity contribution in [2.75, 3.05) is 7.11 Å². The van der Waals surface area contributed by atoms with E-state index in [1.165, 1.54) is 13.2 Å². The van der Waals surface area contributed by atoms with E-state index in [1.807, 2.05) is 0 Å². The van der Waals surface area contributed by atoms with Crippen LogP contribution in [0.2, 0.25) is 0 Å². The summed E-state index contributed by atoms with van der Waals surface area (Å²) >= 11 is 0. The molecule has 3 nitrogen and oxygen atoms in total. The van der Waals surface area contributed by atoms with Crippen LogP contribution in [0.3, 0.4) is 0 Å². The Kier molecular flexibility index (Phi) is 3.22. The lowest BCUT2D eigenvalue weighted by atomic mass is 10.1. The van der Waals surface area contributed by atoms with Crippen molar-refractivity contribution in [3.8, 4) is 5.75 Å². The van der Waals surface area contributed by atoms with Crippen molar-refractivity contribution in [2.24, 2.45) is 0 Å². The summed E-state index contributed by atoms with van der Waals surface area (Å²) < 4.78 is 17.7. The lowest BCUT2D eigenvalue weighted by Gasteiger charge is -2.10. The molecule has 0 saturated carbocycles. The van der Waals surface area contributed by atoms with E-state index in [-0.39, 0.29) is 11.8 Å². The van der Waals surface area contributed by atoms with Crippen molar-refractivity contribution >= 4 is 0 Å². The fourth-order valence-electron chi connectivity index (χ4n) is 1.02. The summed E-state index contributed by atoms with van der Waals surface area (Å²) in [5, 5.41) is 8.64. The molecular formula is C9H12FNO2. The van der Waals surface area contributed by atoms with Gasteiger partial charge in [-0.05, 0) is 24.6 Å². The van der Waals surface area contributed by atoms with Gasteiger partial charge >= 0.3 is 0 Å². The summed E-state index contributed by atoms with van der Waals surface area (Å²) in [6, 6.07) is 4.20. The molecule has 1 aromatic rings. The zero-order valence-electron chi connectivity index (χ0n) is 7.54. The summed E-state index contributed by atoms with van der Waals surface area (Å²) in [5.74, 6) is -0.226. The van der Waals surface area contributed by atoms with Gasteiger partial charge in [0.05, 0.1) is 13.2 Å². The van der Waals surface area contributed by atoms with Crippen LogP contribution in [0.1, 0.15) is 18.5 Å². The van der Waals surface area contributed by atoms with Gasteiger partial charge in [0, 0.05) is 0 Å². The minimum Gasteiger partial charge on any atom is -0.494 e. The predicted molar refractivity (Wildman–Crippen MR) is 46.3 cm³/mol. The molecule has 0 bridgehead atoms. The molecule has 4 heteroatoms. The lowest BCUT2D eigenvalue weighted by molar-refractivity contribution is 0.133. The van der Waals surface area contributed by atoms with Crippen molar-refractivity contribution in [3.63, 3.8) is 0 Å². The molecular weight excluding hydrogens is 173 g/mol. The highest BCUT2D eigenvalue weighted by Gasteiger charge is 2.07. The number of rotatable bonds is 3. The van der Waals surface area contributed by atoms with E-state index in [0.717, 1.165) is 5.56 Å². The van der Waals surface area contributed by atoms with Crippen molar-refractivity contribution in [1.29, 1.82) is 0 Å². The van der Waals surface area contributed by atoms with Gasteiger partial charge in [0.15, 0.2) is 11.6 Å². The maximum atomic E-state index is 12.9. The van der Waals surface area contributed by atoms with Crippen LogP contribution in [0.15, 0.2) is 18.2 Å². The Morgan fingerprint density at radius 2 is 2.23 bits per heavy atom. The minimum atomic E-state index is -0.406. The van der Waals surface area contributed by atoms with E-state index >= 15 is 0 Å². The summed E-state index contributed by atoms with van der Waals surface area (Å²) in [6.45, 7) is 1.76. The number of benzene rings is 1. The third kappa shape index (κ3) is 2.17. The summed E-state index contributed by atoms with van der Waals surface area (Å²) in [5.41, 5.74) is 2.84. The van der Waals surface area contributed by atoms with Gasteiger partial charge in [0.2, 0.25) is 0 Å². The molecule has 0 spiro atoms. The molecule has 72 valence electrons. The van der Waals surface area contributed by atoms with E-state index in [1.54, 1.807) is 19.1 Å². The van der Waals surface area contributed by atoms with E-state index in [9.17, 15) is 4.39 Å². The Morgan fingerprint density at radius 3 is 2.77 bits per heavy atom. The number of halogens is 1. The highest BCUT2D eigenvalue weighted by Crippen LogP contribution is 2.21. The first-order chi connectivity index (χ1) is 6.19. The van der Waals surface area contributed by atoms with Gasteiger partial charge < -0.3 is 9.94 Å². The molecule has 0 heterocycles. The Hall–Kier alpha value is -1.13. The highest BCUT2D eigenvalue weighted by atomic mass is 19.1. The first-order valence-electron chi connectivity index (χ1n) is 3.92. The van der Waals surface area contributed by atoms with Gasteiger partial charge in [-0.15, -0.1) is 0 Å². The second kappa shape index (κ2) is 4.20. The normalized spacial score (nSPS) is 12.6. The quantitative estimate of drug-likeness (QED) is 0.706. The summed E-state index contributed by atoms with van der Waals surface area (Å²) in [6.07, 6.45) is 0. The molecule has 1 atom stereocenters. The largest absolute Gasteiger partial charge is 0.494 e. The number of hydroxylamine groups is 1. The van der Waals surface area contributed by atoms with Gasteiger partial charge in [-0.3, -0.25) is 0 Å². The summed E-state index contributed by atoms with van der Waals surface area (Å²) in [7, 11) is 1.40. The van der Waals surface area contributed by atoms with Gasteiger partial charge in [0.25, 0.3) is 0 Å². The van der Waals surface area contributed by atoms with Crippen LogP contribution in [0.4, 0.5) is 4.39 Å². The Balaban J connectivity index is 2.99. The molecule has 0 radical (unpaired) electrons. The van der Waals surface area contributed by atoms with Crippen LogP contribution in [-0.4, -0.2) is 12.3 Å². The van der Waals surface area contributed by atoms with Crippen LogP contribution in [-0.2, 0) is 0 Å². The summed E-state index contributed by atoms with van der Waals surface area (Å²) in [4.78, 5) is 0. The van der Waals surface area contributed by atoms with E-state index < -0.39 is 5.82 Å². The molecule has 0 aromatic heterocycles. The molecule has 0 aliphatic rings. The van der Waals surface area contributed by atoms with E-state index in [4.69, 9.17) is 9.94 Å². The molecule has 13 heavy (non-hydrogen) atoms. The number of ether oxygens (including phenoxy) is 1. The van der Waals surface area contributed by atoms with Crippen molar-refractivity contribution in [3.05, 3.63) is 29.6 Å². The SMILES string of the molecule is COc1cc([C@H](C)NO)ccc1F. The lowest BCUT2D eigenvalue weighted by Crippen LogP contribution is -2.13. The number of nitrogens with one attached hydrogen (secondary N) is 1. The average molecular weight is 185 g/mol. The molecule has 0 aliphatic carbocycles. The Bertz CT molecular complexity index is 291. The molecule has 1 rings (SSSR count). The second-order valence-electron chi connectivity index (χ2n) is 2.74. The van der Waals surface area contributed by atoms with Crippen molar-refractivity contribution < 1.29 is 14.3 Å². The topological polar surface area (TPSA) is 41.5 Å². The van der Waals surface area contributed by atoms with E-state index in [2.05, 4.69) is 5.48 Å². The smallest absolute Gasteiger partial charge is 0.165 e. The molecule has 1 aromatic carbocycles. The van der Waals surface area contributed by atoms with Crippen molar-refractivity contribution in [1.82, 2.24) is 5.48 Å². The third-order valence-electron chi connectivity index (χ3n) is 1.87. The van der Waals surface area contributed by atoms with Crippen molar-refractivity contribution in [2.45, 2.75) is 13.0 Å². The maximum Gasteiger partial charge on any atom is 0.165 e. The Labute approximate surface area is 76.1 Å². The zero-order valence-corrected chi connectivity index (χ0v) is 7.54. The molecule has 0 unspecified atom stereocenters. The van der Waals surface area contributed by atoms with E-state index in [0.29, 0.717) is 0 Å². The molecule has 0 saturated heterocycles. The van der Waals surface area contributed by atoms with Crippen LogP contribution < -0.4 is 10.2 Å². The molecule has 0 amide bonds. The van der Waals surface area contributed by atoms with Crippen LogP contribution in [0, 0.1) is 5.82 Å². The monoisotopic (exact) mass is 185 g/mol. The van der Waals surface area contributed by atoms with Crippen LogP contribution >= 0.6 is 0 Å². The third-order valence-corrected chi connectivity index (χ3v) is 1.87. The average Bonchev–Trinajstić information content (AvgIpc) is 2.17. The zero-order chi connectivity index (χ0) is 9.84. The first-order valence-corrected chi connectivity index (χ1v) is 3.92. The van der Waals surface area contributed by atoms with Gasteiger partial charge in [0.1, 0.15) is 0 Å². The first kappa shape index (κ1) is 9.95. The van der Waals surface area contributed by atoms with Crippen LogP contribution in [0.5, 0.6) is 5.75 Å². The minimum absolute atomic E-state index is 0.180. The van der Waals surface area contributed by atoms with Gasteiger partial charge in [-0.2, -0.15) is 5.48 Å². The Morgan fingerprint density at radius 1 is 1.54 bits per heavy atom. The fraction of sp³-hybridized carbons (Fsp3) is 0.333. The molecule has 0 fully saturated rings. The fourth-order valence-corrected chi connectivity index (χ4v) is 1.02. The van der Waals surface area contributed by atoms with Gasteiger partial charge in [-0.25, -0.2) is 4.39 Å². The second-order valence-corrected chi connectivity index (χ2v) is 2.74. The van der Waals surface area contributed by atoms with Gasteiger partial charge in [-0.1, -0.05) is 6.07 Å². The predicted octanol–water partition coefficient (Wildman–Crippen LogP) is 1.87. The van der Waals surface area contributed by atoms with Crippen LogP contribution in [0.25, 0.3) is 0 Å². The molecule has 2 N–H and O–H groups in total. The molecule has 0 aliphatic heterocycles. The standard InChI is InChI=1S/C9H12FNO2/c1-6(11-12)7-3-4-8(10)9(5-7)13-2/h3-6,11-12H,1-2H3/t6-/m0/s1. The number of hydrogen-bond donors (Lipinski definition) is 2. The maximum absolute atomic E-state index is 12.9. The highest BCUT2D eigenvalue weighted by molar-refractivity contribution is 5.31. The number of hydrogen-bond acceptors (Lipinski definition) is 3. The number of methoxy groups -OCH3 is 1.